The number of thiophene rings is 1. The molecule has 0 aliphatic carbocycles. The van der Waals surface area contributed by atoms with Crippen molar-refractivity contribution in [2.45, 2.75) is 25.8 Å². The van der Waals surface area contributed by atoms with Gasteiger partial charge in [-0.15, -0.1) is 11.3 Å². The smallest absolute Gasteiger partial charge is 0.342 e. The highest BCUT2D eigenvalue weighted by molar-refractivity contribution is 9.10. The van der Waals surface area contributed by atoms with E-state index in [1.807, 2.05) is 24.4 Å². The maximum Gasteiger partial charge on any atom is 0.342 e. The van der Waals surface area contributed by atoms with Crippen LogP contribution < -0.4 is 0 Å². The molecule has 1 aliphatic heterocycles. The van der Waals surface area contributed by atoms with E-state index in [1.165, 1.54) is 6.07 Å². The number of hydrogen-bond donors (Lipinski definition) is 1. The number of hydrogen-bond acceptors (Lipinski definition) is 5. The normalized spacial score (nSPS) is 16.9. The maximum absolute atomic E-state index is 12.5. The molecule has 1 aliphatic rings. The minimum Gasteiger partial charge on any atom is -0.506 e. The van der Waals surface area contributed by atoms with Crippen LogP contribution in [0.2, 0.25) is 0 Å². The fraction of sp³-hybridized carbons (Fsp3) is 0.333. The molecule has 2 heterocycles. The van der Waals surface area contributed by atoms with Gasteiger partial charge in [0, 0.05) is 11.4 Å². The topological polar surface area (TPSA) is 66.8 Å². The molecule has 1 unspecified atom stereocenters. The number of phenols is 1. The Kier molecular flexibility index (Phi) is 5.44. The van der Waals surface area contributed by atoms with Crippen molar-refractivity contribution in [1.82, 2.24) is 4.90 Å². The molecule has 7 heteroatoms. The van der Waals surface area contributed by atoms with Crippen molar-refractivity contribution in [1.29, 1.82) is 0 Å². The summed E-state index contributed by atoms with van der Waals surface area (Å²) in [6.45, 7) is 2.15. The van der Waals surface area contributed by atoms with Gasteiger partial charge in [0.05, 0.1) is 10.5 Å². The molecule has 2 aromatic rings. The van der Waals surface area contributed by atoms with E-state index in [0.717, 1.165) is 23.3 Å². The number of nitrogens with zero attached hydrogens (tertiary/aromatic N) is 1. The van der Waals surface area contributed by atoms with Crippen molar-refractivity contribution in [3.05, 3.63) is 50.1 Å². The summed E-state index contributed by atoms with van der Waals surface area (Å²) in [5, 5.41) is 12.0. The van der Waals surface area contributed by atoms with Crippen LogP contribution >= 0.6 is 27.3 Å². The lowest BCUT2D eigenvalue weighted by Crippen LogP contribution is -2.34. The number of aromatic hydroxyl groups is 1. The third-order valence-electron chi connectivity index (χ3n) is 4.20. The van der Waals surface area contributed by atoms with E-state index < -0.39 is 5.97 Å². The lowest BCUT2D eigenvalue weighted by molar-refractivity contribution is -0.135. The van der Waals surface area contributed by atoms with Crippen LogP contribution in [0.3, 0.4) is 0 Å². The molecule has 1 aromatic heterocycles. The number of carbonyl (C=O) groups is 2. The minimum absolute atomic E-state index is 0.0518. The number of benzene rings is 1. The predicted octanol–water partition coefficient (Wildman–Crippen LogP) is 4.05. The van der Waals surface area contributed by atoms with Crippen molar-refractivity contribution in [2.24, 2.45) is 0 Å². The van der Waals surface area contributed by atoms with Crippen molar-refractivity contribution in [3.63, 3.8) is 0 Å². The number of esters is 1. The summed E-state index contributed by atoms with van der Waals surface area (Å²) in [5.41, 5.74) is 0.858. The van der Waals surface area contributed by atoms with Crippen molar-refractivity contribution in [2.75, 3.05) is 13.2 Å². The number of amides is 1. The highest BCUT2D eigenvalue weighted by atomic mass is 79.9. The molecule has 1 saturated heterocycles. The van der Waals surface area contributed by atoms with Crippen LogP contribution in [-0.4, -0.2) is 35.0 Å². The van der Waals surface area contributed by atoms with Crippen molar-refractivity contribution >= 4 is 39.1 Å². The average Bonchev–Trinajstić information content (AvgIpc) is 3.25. The zero-order valence-corrected chi connectivity index (χ0v) is 16.1. The number of halogens is 1. The average molecular weight is 424 g/mol. The summed E-state index contributed by atoms with van der Waals surface area (Å²) >= 11 is 4.83. The second-order valence-corrected chi connectivity index (χ2v) is 7.81. The first-order valence-electron chi connectivity index (χ1n) is 7.96. The lowest BCUT2D eigenvalue weighted by Gasteiger charge is -2.23. The number of rotatable bonds is 4. The lowest BCUT2D eigenvalue weighted by atomic mass is 10.1. The van der Waals surface area contributed by atoms with Gasteiger partial charge in [0.25, 0.3) is 5.91 Å². The van der Waals surface area contributed by atoms with Crippen LogP contribution in [0, 0.1) is 6.92 Å². The molecule has 1 N–H and O–H groups in total. The third kappa shape index (κ3) is 3.88. The van der Waals surface area contributed by atoms with Crippen LogP contribution in [0.1, 0.15) is 39.7 Å². The van der Waals surface area contributed by atoms with Crippen molar-refractivity contribution in [3.8, 4) is 5.75 Å². The van der Waals surface area contributed by atoms with Gasteiger partial charge >= 0.3 is 5.97 Å². The Hall–Kier alpha value is -1.86. The summed E-state index contributed by atoms with van der Waals surface area (Å²) < 4.78 is 5.57. The molecule has 0 spiro atoms. The Balaban J connectivity index is 1.65. The van der Waals surface area contributed by atoms with Gasteiger partial charge < -0.3 is 14.7 Å². The first-order valence-corrected chi connectivity index (χ1v) is 9.63. The van der Waals surface area contributed by atoms with E-state index in [4.69, 9.17) is 4.74 Å². The summed E-state index contributed by atoms with van der Waals surface area (Å²) in [4.78, 5) is 27.6. The molecule has 0 bridgehead atoms. The van der Waals surface area contributed by atoms with Crippen LogP contribution in [0.5, 0.6) is 5.75 Å². The Bertz CT molecular complexity index is 791. The molecule has 1 amide bonds. The van der Waals surface area contributed by atoms with Crippen LogP contribution in [0.4, 0.5) is 0 Å². The van der Waals surface area contributed by atoms with E-state index in [2.05, 4.69) is 15.9 Å². The molecule has 1 fully saturated rings. The summed E-state index contributed by atoms with van der Waals surface area (Å²) in [7, 11) is 0. The SMILES string of the molecule is Cc1cc(Br)c(O)c(C(=O)OCC(=O)N2CCCC2c2cccs2)c1. The van der Waals surface area contributed by atoms with E-state index in [0.29, 0.717) is 11.0 Å². The first kappa shape index (κ1) is 17.9. The van der Waals surface area contributed by atoms with E-state index in [-0.39, 0.29) is 29.9 Å². The minimum atomic E-state index is -0.706. The quantitative estimate of drug-likeness (QED) is 0.753. The first-order chi connectivity index (χ1) is 12.0. The summed E-state index contributed by atoms with van der Waals surface area (Å²) in [6.07, 6.45) is 1.86. The van der Waals surface area contributed by atoms with Crippen molar-refractivity contribution < 1.29 is 19.4 Å². The zero-order valence-electron chi connectivity index (χ0n) is 13.7. The number of likely N-dealkylation sites (tertiary alicyclic amines) is 1. The Morgan fingerprint density at radius 2 is 2.24 bits per heavy atom. The molecule has 1 aromatic carbocycles. The Labute approximate surface area is 158 Å². The molecule has 1 atom stereocenters. The van der Waals surface area contributed by atoms with Gasteiger partial charge in [0.1, 0.15) is 11.3 Å². The van der Waals surface area contributed by atoms with E-state index in [9.17, 15) is 14.7 Å². The van der Waals surface area contributed by atoms with Crippen LogP contribution in [0.15, 0.2) is 34.1 Å². The number of phenolic OH excluding ortho intramolecular Hbond substituents is 1. The van der Waals surface area contributed by atoms with Crippen LogP contribution in [-0.2, 0) is 9.53 Å². The van der Waals surface area contributed by atoms with E-state index in [1.54, 1.807) is 22.3 Å². The third-order valence-corrected chi connectivity index (χ3v) is 5.78. The van der Waals surface area contributed by atoms with Gasteiger partial charge in [-0.1, -0.05) is 6.07 Å². The van der Waals surface area contributed by atoms with Crippen LogP contribution in [0.25, 0.3) is 0 Å². The van der Waals surface area contributed by atoms with Gasteiger partial charge in [-0.25, -0.2) is 4.79 Å². The second kappa shape index (κ2) is 7.58. The predicted molar refractivity (Wildman–Crippen MR) is 98.8 cm³/mol. The van der Waals surface area contributed by atoms with Gasteiger partial charge in [0.2, 0.25) is 0 Å². The monoisotopic (exact) mass is 423 g/mol. The fourth-order valence-electron chi connectivity index (χ4n) is 3.02. The van der Waals surface area contributed by atoms with Gasteiger partial charge in [0.15, 0.2) is 6.61 Å². The second-order valence-electron chi connectivity index (χ2n) is 5.98. The highest BCUT2D eigenvalue weighted by Crippen LogP contribution is 2.34. The van der Waals surface area contributed by atoms with Gasteiger partial charge in [-0.3, -0.25) is 4.79 Å². The molecule has 0 saturated carbocycles. The largest absolute Gasteiger partial charge is 0.506 e. The molecule has 25 heavy (non-hydrogen) atoms. The number of aryl methyl sites for hydroxylation is 1. The summed E-state index contributed by atoms with van der Waals surface area (Å²) in [5.74, 6) is -1.10. The fourth-order valence-corrected chi connectivity index (χ4v) is 4.47. The molecular weight excluding hydrogens is 406 g/mol. The molecule has 0 radical (unpaired) electrons. The molecule has 132 valence electrons. The number of ether oxygens (including phenoxy) is 1. The Morgan fingerprint density at radius 1 is 1.44 bits per heavy atom. The zero-order chi connectivity index (χ0) is 18.0. The van der Waals surface area contributed by atoms with Gasteiger partial charge in [-0.05, 0) is 64.8 Å². The van der Waals surface area contributed by atoms with E-state index >= 15 is 0 Å². The molecule has 5 nitrogen and oxygen atoms in total. The highest BCUT2D eigenvalue weighted by Gasteiger charge is 2.31. The maximum atomic E-state index is 12.5. The van der Waals surface area contributed by atoms with Gasteiger partial charge in [-0.2, -0.15) is 0 Å². The summed E-state index contributed by atoms with van der Waals surface area (Å²) in [6, 6.07) is 7.30. The Morgan fingerprint density at radius 3 is 2.96 bits per heavy atom. The molecular formula is C18H18BrNO4S. The molecule has 3 rings (SSSR count). The standard InChI is InChI=1S/C18H18BrNO4S/c1-11-8-12(17(22)13(19)9-11)18(23)24-10-16(21)20-6-2-4-14(20)15-5-3-7-25-15/h3,5,7-9,14,22H,2,4,6,10H2,1H3. The number of carbonyl (C=O) groups excluding carboxylic acids is 2.